The molecule has 8 nitrogen and oxygen atoms in total. The topological polar surface area (TPSA) is 84.0 Å². The predicted molar refractivity (Wildman–Crippen MR) is 125 cm³/mol. The first-order valence-corrected chi connectivity index (χ1v) is 11.7. The Morgan fingerprint density at radius 1 is 1.06 bits per heavy atom. The number of aromatic nitrogens is 1. The quantitative estimate of drug-likeness (QED) is 0.661. The van der Waals surface area contributed by atoms with Gasteiger partial charge in [-0.3, -0.25) is 9.59 Å². The van der Waals surface area contributed by atoms with Gasteiger partial charge in [0.15, 0.2) is 0 Å². The summed E-state index contributed by atoms with van der Waals surface area (Å²) in [4.78, 5) is 33.7. The van der Waals surface area contributed by atoms with Crippen LogP contribution in [0.5, 0.6) is 5.75 Å². The molecule has 0 bridgehead atoms. The molecule has 0 unspecified atom stereocenters. The fraction of sp³-hybridized carbons (Fsp3) is 0.480. The molecule has 0 radical (unpaired) electrons. The third-order valence-corrected chi connectivity index (χ3v) is 6.16. The van der Waals surface area contributed by atoms with Crippen LogP contribution in [0, 0.1) is 5.92 Å². The number of nitrogens with one attached hydrogen (secondary N) is 1. The zero-order valence-corrected chi connectivity index (χ0v) is 18.9. The number of para-hydroxylation sites is 1. The second kappa shape index (κ2) is 11.7. The molecule has 2 aliphatic heterocycles. The third-order valence-electron chi connectivity index (χ3n) is 6.16. The standard InChI is InChI=1S/C25H32N4O4/c30-24(9-15-33-22-4-2-1-3-5-22)29-11-7-21(8-12-29)25(31)27-19-20-6-10-26-23(18-20)28-13-16-32-17-14-28/h1-6,10,18,21H,7-9,11-17,19H2,(H,27,31). The van der Waals surface area contributed by atoms with Crippen LogP contribution in [0.2, 0.25) is 0 Å². The third kappa shape index (κ3) is 6.68. The van der Waals surface area contributed by atoms with Gasteiger partial charge >= 0.3 is 0 Å². The molecule has 0 spiro atoms. The van der Waals surface area contributed by atoms with Gasteiger partial charge < -0.3 is 24.6 Å². The highest BCUT2D eigenvalue weighted by atomic mass is 16.5. The van der Waals surface area contributed by atoms with Gasteiger partial charge in [0.2, 0.25) is 11.8 Å². The molecule has 4 rings (SSSR count). The first-order valence-electron chi connectivity index (χ1n) is 11.7. The van der Waals surface area contributed by atoms with Crippen LogP contribution in [0.4, 0.5) is 5.82 Å². The van der Waals surface area contributed by atoms with E-state index in [0.717, 1.165) is 30.2 Å². The Bertz CT molecular complexity index is 910. The van der Waals surface area contributed by atoms with Crippen LogP contribution < -0.4 is 15.0 Å². The second-order valence-electron chi connectivity index (χ2n) is 8.41. The first kappa shape index (κ1) is 23.0. The van der Waals surface area contributed by atoms with Gasteiger partial charge in [-0.2, -0.15) is 0 Å². The number of likely N-dealkylation sites (tertiary alicyclic amines) is 1. The molecular weight excluding hydrogens is 420 g/mol. The maximum atomic E-state index is 12.7. The molecule has 33 heavy (non-hydrogen) atoms. The Hall–Kier alpha value is -3.13. The van der Waals surface area contributed by atoms with Gasteiger partial charge in [-0.1, -0.05) is 18.2 Å². The number of ether oxygens (including phenoxy) is 2. The minimum absolute atomic E-state index is 0.0549. The lowest BCUT2D eigenvalue weighted by Crippen LogP contribution is -2.43. The number of hydrogen-bond acceptors (Lipinski definition) is 6. The summed E-state index contributed by atoms with van der Waals surface area (Å²) in [5.74, 6) is 1.77. The van der Waals surface area contributed by atoms with E-state index in [-0.39, 0.29) is 17.7 Å². The van der Waals surface area contributed by atoms with Gasteiger partial charge in [0.1, 0.15) is 11.6 Å². The lowest BCUT2D eigenvalue weighted by molar-refractivity contribution is -0.136. The summed E-state index contributed by atoms with van der Waals surface area (Å²) in [6.07, 6.45) is 3.51. The number of amides is 2. The number of carbonyl (C=O) groups is 2. The van der Waals surface area contributed by atoms with E-state index in [0.29, 0.717) is 58.7 Å². The van der Waals surface area contributed by atoms with Crippen LogP contribution in [-0.2, 0) is 20.9 Å². The molecule has 3 heterocycles. The lowest BCUT2D eigenvalue weighted by atomic mass is 9.95. The molecule has 2 saturated heterocycles. The zero-order valence-electron chi connectivity index (χ0n) is 18.9. The summed E-state index contributed by atoms with van der Waals surface area (Å²) in [5.41, 5.74) is 1.03. The molecule has 2 amide bonds. The van der Waals surface area contributed by atoms with Gasteiger partial charge in [0.05, 0.1) is 26.2 Å². The number of benzene rings is 1. The number of anilines is 1. The molecule has 1 aromatic heterocycles. The summed E-state index contributed by atoms with van der Waals surface area (Å²) in [6, 6.07) is 13.5. The van der Waals surface area contributed by atoms with Crippen LogP contribution >= 0.6 is 0 Å². The van der Waals surface area contributed by atoms with Crippen LogP contribution in [0.15, 0.2) is 48.7 Å². The number of morpholine rings is 1. The van der Waals surface area contributed by atoms with E-state index in [1.807, 2.05) is 47.4 Å². The summed E-state index contributed by atoms with van der Waals surface area (Å²) in [7, 11) is 0. The Kier molecular flexibility index (Phi) is 8.14. The Morgan fingerprint density at radius 2 is 1.82 bits per heavy atom. The highest BCUT2D eigenvalue weighted by Crippen LogP contribution is 2.19. The van der Waals surface area contributed by atoms with E-state index in [1.54, 1.807) is 6.20 Å². The van der Waals surface area contributed by atoms with E-state index in [9.17, 15) is 9.59 Å². The van der Waals surface area contributed by atoms with E-state index < -0.39 is 0 Å². The second-order valence-corrected chi connectivity index (χ2v) is 8.41. The monoisotopic (exact) mass is 452 g/mol. The predicted octanol–water partition coefficient (Wildman–Crippen LogP) is 2.24. The lowest BCUT2D eigenvalue weighted by Gasteiger charge is -2.31. The van der Waals surface area contributed by atoms with Crippen molar-refractivity contribution in [1.29, 1.82) is 0 Å². The van der Waals surface area contributed by atoms with E-state index in [1.165, 1.54) is 0 Å². The van der Waals surface area contributed by atoms with Crippen molar-refractivity contribution in [2.45, 2.75) is 25.8 Å². The van der Waals surface area contributed by atoms with Crippen molar-refractivity contribution in [3.63, 3.8) is 0 Å². The molecule has 0 atom stereocenters. The molecule has 2 aromatic rings. The largest absolute Gasteiger partial charge is 0.493 e. The molecule has 8 heteroatoms. The van der Waals surface area contributed by atoms with E-state index in [2.05, 4.69) is 15.2 Å². The molecular formula is C25H32N4O4. The number of nitrogens with zero attached hydrogens (tertiary/aromatic N) is 3. The van der Waals surface area contributed by atoms with Crippen molar-refractivity contribution in [3.05, 3.63) is 54.2 Å². The maximum Gasteiger partial charge on any atom is 0.225 e. The number of hydrogen-bond donors (Lipinski definition) is 1. The normalized spacial score (nSPS) is 17.0. The minimum Gasteiger partial charge on any atom is -0.493 e. The average Bonchev–Trinajstić information content (AvgIpc) is 2.88. The van der Waals surface area contributed by atoms with Crippen molar-refractivity contribution < 1.29 is 19.1 Å². The minimum atomic E-state index is -0.0600. The SMILES string of the molecule is O=C(NCc1ccnc(N2CCOCC2)c1)C1CCN(C(=O)CCOc2ccccc2)CC1. The fourth-order valence-corrected chi connectivity index (χ4v) is 4.19. The van der Waals surface area contributed by atoms with E-state index in [4.69, 9.17) is 9.47 Å². The highest BCUT2D eigenvalue weighted by Gasteiger charge is 2.27. The van der Waals surface area contributed by atoms with Crippen molar-refractivity contribution in [2.75, 3.05) is 50.9 Å². The van der Waals surface area contributed by atoms with Gasteiger partial charge in [0, 0.05) is 44.8 Å². The van der Waals surface area contributed by atoms with Crippen LogP contribution in [0.3, 0.4) is 0 Å². The number of rotatable bonds is 8. The van der Waals surface area contributed by atoms with Crippen molar-refractivity contribution in [2.24, 2.45) is 5.92 Å². The molecule has 176 valence electrons. The average molecular weight is 453 g/mol. The first-order chi connectivity index (χ1) is 16.2. The summed E-state index contributed by atoms with van der Waals surface area (Å²) in [6.45, 7) is 5.15. The number of pyridine rings is 1. The molecule has 1 aromatic carbocycles. The van der Waals surface area contributed by atoms with Crippen LogP contribution in [0.25, 0.3) is 0 Å². The summed E-state index contributed by atoms with van der Waals surface area (Å²) < 4.78 is 11.0. The van der Waals surface area contributed by atoms with Crippen molar-refractivity contribution in [3.8, 4) is 5.75 Å². The number of carbonyl (C=O) groups excluding carboxylic acids is 2. The molecule has 2 fully saturated rings. The summed E-state index contributed by atoms with van der Waals surface area (Å²) >= 11 is 0. The van der Waals surface area contributed by atoms with Gasteiger partial charge in [0.25, 0.3) is 0 Å². The smallest absolute Gasteiger partial charge is 0.225 e. The Balaban J connectivity index is 1.17. The van der Waals surface area contributed by atoms with Crippen LogP contribution in [-0.4, -0.2) is 67.7 Å². The maximum absolute atomic E-state index is 12.7. The molecule has 0 saturated carbocycles. The summed E-state index contributed by atoms with van der Waals surface area (Å²) in [5, 5.41) is 3.06. The molecule has 1 N–H and O–H groups in total. The van der Waals surface area contributed by atoms with Gasteiger partial charge in [-0.25, -0.2) is 4.98 Å². The van der Waals surface area contributed by atoms with Gasteiger partial charge in [-0.15, -0.1) is 0 Å². The molecule has 0 aliphatic carbocycles. The van der Waals surface area contributed by atoms with Crippen molar-refractivity contribution >= 4 is 17.6 Å². The number of piperidine rings is 1. The van der Waals surface area contributed by atoms with Crippen LogP contribution in [0.1, 0.15) is 24.8 Å². The Morgan fingerprint density at radius 3 is 2.58 bits per heavy atom. The molecule has 2 aliphatic rings. The van der Waals surface area contributed by atoms with E-state index >= 15 is 0 Å². The zero-order chi connectivity index (χ0) is 22.9. The highest BCUT2D eigenvalue weighted by molar-refractivity contribution is 5.80. The Labute approximate surface area is 194 Å². The fourth-order valence-electron chi connectivity index (χ4n) is 4.19. The van der Waals surface area contributed by atoms with Crippen molar-refractivity contribution in [1.82, 2.24) is 15.2 Å². The van der Waals surface area contributed by atoms with Gasteiger partial charge in [-0.05, 0) is 42.7 Å².